The second-order valence-corrected chi connectivity index (χ2v) is 12.2. The van der Waals surface area contributed by atoms with E-state index in [4.69, 9.17) is 4.74 Å². The number of aromatic nitrogens is 2. The number of carbonyl (C=O) groups is 1. The van der Waals surface area contributed by atoms with E-state index in [1.54, 1.807) is 35.9 Å². The predicted octanol–water partition coefficient (Wildman–Crippen LogP) is 3.54. The summed E-state index contributed by atoms with van der Waals surface area (Å²) >= 11 is 0. The van der Waals surface area contributed by atoms with Gasteiger partial charge in [-0.1, -0.05) is 36.4 Å². The first-order chi connectivity index (χ1) is 18.8. The number of nitrogens with one attached hydrogen (secondary N) is 1. The summed E-state index contributed by atoms with van der Waals surface area (Å²) < 4.78 is 31.7. The van der Waals surface area contributed by atoms with Crippen molar-refractivity contribution in [2.24, 2.45) is 0 Å². The fourth-order valence-electron chi connectivity index (χ4n) is 5.21. The van der Waals surface area contributed by atoms with Crippen LogP contribution >= 0.6 is 0 Å². The quantitative estimate of drug-likeness (QED) is 0.254. The molecule has 202 valence electrons. The first kappa shape index (κ1) is 26.7. The number of amides is 1. The molecule has 0 bridgehead atoms. The number of pyridine rings is 2. The van der Waals surface area contributed by atoms with Crippen LogP contribution < -0.4 is 10.2 Å². The zero-order valence-corrected chi connectivity index (χ0v) is 22.4. The number of rotatable bonds is 8. The van der Waals surface area contributed by atoms with Crippen molar-refractivity contribution in [3.8, 4) is 5.75 Å². The molecule has 1 atom stereocenters. The molecule has 1 fully saturated rings. The first-order valence-electron chi connectivity index (χ1n) is 12.7. The van der Waals surface area contributed by atoms with Gasteiger partial charge >= 0.3 is 0 Å². The Morgan fingerprint density at radius 1 is 1.10 bits per heavy atom. The topological polar surface area (TPSA) is 122 Å². The number of fused-ring (bicyclic) bond motifs is 1. The van der Waals surface area contributed by atoms with Gasteiger partial charge in [-0.2, -0.15) is 0 Å². The summed E-state index contributed by atoms with van der Waals surface area (Å²) in [4.78, 5) is 23.3. The van der Waals surface area contributed by atoms with Gasteiger partial charge in [-0.3, -0.25) is 24.9 Å². The van der Waals surface area contributed by atoms with Gasteiger partial charge in [-0.05, 0) is 48.9 Å². The van der Waals surface area contributed by atoms with Gasteiger partial charge in [0.1, 0.15) is 17.1 Å². The van der Waals surface area contributed by atoms with Crippen LogP contribution in [0.15, 0.2) is 79.0 Å². The van der Waals surface area contributed by atoms with E-state index in [1.165, 1.54) is 0 Å². The van der Waals surface area contributed by atoms with Crippen LogP contribution in [0.4, 0.5) is 0 Å². The third kappa shape index (κ3) is 5.63. The highest BCUT2D eigenvalue weighted by atomic mass is 32.2. The first-order valence-corrected chi connectivity index (χ1v) is 14.3. The molecule has 2 N–H and O–H groups in total. The maximum absolute atomic E-state index is 13.6. The van der Waals surface area contributed by atoms with Crippen molar-refractivity contribution in [1.29, 1.82) is 0 Å². The zero-order valence-electron chi connectivity index (χ0n) is 21.6. The molecule has 1 aliphatic rings. The summed E-state index contributed by atoms with van der Waals surface area (Å²) in [7, 11) is -3.75. The molecule has 10 heteroatoms. The molecule has 1 amide bonds. The van der Waals surface area contributed by atoms with Gasteiger partial charge in [-0.25, -0.2) is 13.9 Å². The molecule has 0 saturated carbocycles. The van der Waals surface area contributed by atoms with Crippen LogP contribution in [0.1, 0.15) is 28.9 Å². The fraction of sp³-hybridized carbons (Fsp3) is 0.276. The number of para-hydroxylation sites is 1. The van der Waals surface area contributed by atoms with E-state index in [1.807, 2.05) is 60.4 Å². The van der Waals surface area contributed by atoms with Crippen LogP contribution in [0.2, 0.25) is 0 Å². The van der Waals surface area contributed by atoms with Crippen molar-refractivity contribution in [3.05, 3.63) is 102 Å². The highest BCUT2D eigenvalue weighted by molar-refractivity contribution is 7.92. The van der Waals surface area contributed by atoms with Crippen LogP contribution in [0, 0.1) is 6.92 Å². The van der Waals surface area contributed by atoms with Crippen molar-refractivity contribution < 1.29 is 23.2 Å². The van der Waals surface area contributed by atoms with Crippen LogP contribution in [0.3, 0.4) is 0 Å². The average Bonchev–Trinajstić information content (AvgIpc) is 2.94. The van der Waals surface area contributed by atoms with Crippen LogP contribution in [0.5, 0.6) is 5.75 Å². The van der Waals surface area contributed by atoms with Gasteiger partial charge in [0.15, 0.2) is 9.84 Å². The molecule has 5 rings (SSSR count). The summed E-state index contributed by atoms with van der Waals surface area (Å²) in [5.74, 6) is -0.318. The summed E-state index contributed by atoms with van der Waals surface area (Å²) in [6.45, 7) is 3.11. The van der Waals surface area contributed by atoms with Crippen molar-refractivity contribution >= 4 is 26.6 Å². The molecule has 9 nitrogen and oxygen atoms in total. The lowest BCUT2D eigenvalue weighted by Gasteiger charge is -2.42. The molecule has 0 radical (unpaired) electrons. The fourth-order valence-corrected chi connectivity index (χ4v) is 7.32. The molecule has 2 aromatic heterocycles. The smallest absolute Gasteiger partial charge is 0.245 e. The molecule has 39 heavy (non-hydrogen) atoms. The number of hydrogen-bond acceptors (Lipinski definition) is 8. The SMILES string of the molecule is Cc1cc(COc2ccc(C3(CC(=O)NO)CN(Cc4ccccn4)CCS3(=O)=O)cc2)c2ccccc2n1. The molecule has 3 heterocycles. The average molecular weight is 547 g/mol. The van der Waals surface area contributed by atoms with Crippen LogP contribution in [-0.4, -0.2) is 53.2 Å². The van der Waals surface area contributed by atoms with E-state index in [0.717, 1.165) is 27.9 Å². The van der Waals surface area contributed by atoms with E-state index in [9.17, 15) is 18.4 Å². The van der Waals surface area contributed by atoms with Crippen LogP contribution in [-0.2, 0) is 32.5 Å². The van der Waals surface area contributed by atoms with Crippen molar-refractivity contribution in [2.45, 2.75) is 31.2 Å². The zero-order chi connectivity index (χ0) is 27.5. The van der Waals surface area contributed by atoms with Crippen molar-refractivity contribution in [3.63, 3.8) is 0 Å². The third-order valence-electron chi connectivity index (χ3n) is 7.14. The molecule has 0 aliphatic carbocycles. The minimum atomic E-state index is -3.75. The Morgan fingerprint density at radius 2 is 1.87 bits per heavy atom. The minimum Gasteiger partial charge on any atom is -0.489 e. The summed E-state index contributed by atoms with van der Waals surface area (Å²) in [5, 5.41) is 10.3. The number of benzene rings is 2. The Bertz CT molecular complexity index is 1580. The lowest BCUT2D eigenvalue weighted by Crippen LogP contribution is -2.55. The Hall–Kier alpha value is -3.86. The Morgan fingerprint density at radius 3 is 2.62 bits per heavy atom. The lowest BCUT2D eigenvalue weighted by molar-refractivity contribution is -0.130. The molecule has 1 saturated heterocycles. The van der Waals surface area contributed by atoms with E-state index >= 15 is 0 Å². The van der Waals surface area contributed by atoms with E-state index in [-0.39, 0.29) is 12.3 Å². The van der Waals surface area contributed by atoms with Crippen molar-refractivity contribution in [1.82, 2.24) is 20.3 Å². The monoisotopic (exact) mass is 546 g/mol. The predicted molar refractivity (Wildman–Crippen MR) is 147 cm³/mol. The number of hydroxylamine groups is 1. The second kappa shape index (κ2) is 11.1. The summed E-state index contributed by atoms with van der Waals surface area (Å²) in [6.07, 6.45) is 1.28. The van der Waals surface area contributed by atoms with Gasteiger partial charge in [0.05, 0.1) is 23.4 Å². The summed E-state index contributed by atoms with van der Waals surface area (Å²) in [6, 6.07) is 22.3. The van der Waals surface area contributed by atoms with Gasteiger partial charge in [0.2, 0.25) is 5.91 Å². The number of nitrogens with zero attached hydrogens (tertiary/aromatic N) is 3. The Labute approximate surface area is 227 Å². The Balaban J connectivity index is 1.42. The number of aryl methyl sites for hydroxylation is 1. The normalized spacial score (nSPS) is 19.0. The minimum absolute atomic E-state index is 0.0851. The number of sulfone groups is 1. The van der Waals surface area contributed by atoms with E-state index < -0.39 is 26.9 Å². The maximum atomic E-state index is 13.6. The van der Waals surface area contributed by atoms with Crippen LogP contribution in [0.25, 0.3) is 10.9 Å². The number of carbonyl (C=O) groups excluding carboxylic acids is 1. The largest absolute Gasteiger partial charge is 0.489 e. The summed E-state index contributed by atoms with van der Waals surface area (Å²) in [5.41, 5.74) is 5.67. The van der Waals surface area contributed by atoms with E-state index in [0.29, 0.717) is 31.0 Å². The molecular formula is C29H30N4O5S. The van der Waals surface area contributed by atoms with Gasteiger partial charge in [0, 0.05) is 42.5 Å². The van der Waals surface area contributed by atoms with Crippen molar-refractivity contribution in [2.75, 3.05) is 18.8 Å². The number of ether oxygens (including phenoxy) is 1. The van der Waals surface area contributed by atoms with Gasteiger partial charge in [-0.15, -0.1) is 0 Å². The number of hydrogen-bond donors (Lipinski definition) is 2. The van der Waals surface area contributed by atoms with Gasteiger partial charge in [0.25, 0.3) is 0 Å². The molecular weight excluding hydrogens is 516 g/mol. The lowest BCUT2D eigenvalue weighted by atomic mass is 9.92. The molecule has 2 aromatic carbocycles. The molecule has 1 aliphatic heterocycles. The highest BCUT2D eigenvalue weighted by Crippen LogP contribution is 2.39. The second-order valence-electron chi connectivity index (χ2n) is 9.81. The molecule has 0 spiro atoms. The van der Waals surface area contributed by atoms with E-state index in [2.05, 4.69) is 9.97 Å². The third-order valence-corrected chi connectivity index (χ3v) is 9.56. The standard InChI is InChI=1S/C29H30N4O5S/c1-21-16-22(26-7-2-3-8-27(26)31-21)19-38-25-11-9-23(10-12-25)29(17-28(34)32-35)20-33(14-15-39(29,36)37)18-24-6-4-5-13-30-24/h2-13,16,35H,14-15,17-20H2,1H3,(H,32,34). The maximum Gasteiger partial charge on any atom is 0.245 e. The Kier molecular flexibility index (Phi) is 7.60. The van der Waals surface area contributed by atoms with Gasteiger partial charge < -0.3 is 4.74 Å². The molecule has 1 unspecified atom stereocenters. The highest BCUT2D eigenvalue weighted by Gasteiger charge is 2.50. The molecule has 4 aromatic rings.